The summed E-state index contributed by atoms with van der Waals surface area (Å²) in [5.74, 6) is -0.461. The Hall–Kier alpha value is -1.21. The number of aromatic nitrogens is 2. The van der Waals surface area contributed by atoms with Crippen LogP contribution in [-0.4, -0.2) is 35.9 Å². The molecule has 0 fully saturated rings. The first-order chi connectivity index (χ1) is 6.68. The highest BCUT2D eigenvalue weighted by Gasteiger charge is 1.98. The summed E-state index contributed by atoms with van der Waals surface area (Å²) in [4.78, 5) is 10.3. The van der Waals surface area contributed by atoms with Gasteiger partial charge < -0.3 is 15.8 Å². The van der Waals surface area contributed by atoms with Gasteiger partial charge in [0.25, 0.3) is 0 Å². The summed E-state index contributed by atoms with van der Waals surface area (Å²) in [7, 11) is 0. The number of carbonyl (C=O) groups is 1. The molecule has 0 bridgehead atoms. The van der Waals surface area contributed by atoms with Crippen LogP contribution in [0, 0.1) is 6.92 Å². The maximum Gasteiger partial charge on any atom is 0.243 e. The third kappa shape index (κ3) is 4.15. The van der Waals surface area contributed by atoms with E-state index in [2.05, 4.69) is 15.5 Å². The molecular formula is C7H12N4O2S. The summed E-state index contributed by atoms with van der Waals surface area (Å²) in [5.41, 5.74) is 4.88. The molecule has 1 heterocycles. The minimum atomic E-state index is -0.461. The fourth-order valence-corrected chi connectivity index (χ4v) is 1.39. The van der Waals surface area contributed by atoms with Gasteiger partial charge in [-0.15, -0.1) is 10.2 Å². The second-order valence-electron chi connectivity index (χ2n) is 2.57. The summed E-state index contributed by atoms with van der Waals surface area (Å²) in [6.45, 7) is 2.84. The number of hydrogen-bond donors (Lipinski definition) is 2. The van der Waals surface area contributed by atoms with Crippen molar-refractivity contribution in [3.05, 3.63) is 5.01 Å². The van der Waals surface area contributed by atoms with Crippen molar-refractivity contribution in [2.75, 3.05) is 25.1 Å². The highest BCUT2D eigenvalue weighted by atomic mass is 32.1. The van der Waals surface area contributed by atoms with Crippen LogP contribution in [0.5, 0.6) is 0 Å². The van der Waals surface area contributed by atoms with Crippen LogP contribution in [0.3, 0.4) is 0 Å². The molecule has 0 saturated carbocycles. The Bertz CT molecular complexity index is 302. The van der Waals surface area contributed by atoms with E-state index in [1.807, 2.05) is 6.92 Å². The highest BCUT2D eigenvalue weighted by Crippen LogP contribution is 2.12. The molecular weight excluding hydrogens is 204 g/mol. The molecule has 78 valence electrons. The van der Waals surface area contributed by atoms with Crippen LogP contribution in [-0.2, 0) is 9.53 Å². The normalized spacial score (nSPS) is 10.1. The van der Waals surface area contributed by atoms with E-state index < -0.39 is 5.91 Å². The molecule has 1 aromatic rings. The molecule has 0 radical (unpaired) electrons. The number of anilines is 1. The number of rotatable bonds is 6. The zero-order valence-electron chi connectivity index (χ0n) is 7.82. The zero-order chi connectivity index (χ0) is 10.4. The first kappa shape index (κ1) is 10.9. The molecule has 1 rings (SSSR count). The highest BCUT2D eigenvalue weighted by molar-refractivity contribution is 7.15. The quantitative estimate of drug-likeness (QED) is 0.640. The van der Waals surface area contributed by atoms with Crippen LogP contribution in [0.4, 0.5) is 5.13 Å². The van der Waals surface area contributed by atoms with E-state index in [1.54, 1.807) is 0 Å². The fourth-order valence-electron chi connectivity index (χ4n) is 0.771. The molecule has 0 aliphatic heterocycles. The Kier molecular flexibility index (Phi) is 4.27. The fraction of sp³-hybridized carbons (Fsp3) is 0.571. The number of nitrogens with two attached hydrogens (primary N) is 1. The molecule has 14 heavy (non-hydrogen) atoms. The van der Waals surface area contributed by atoms with Gasteiger partial charge in [-0.3, -0.25) is 4.79 Å². The molecule has 0 unspecified atom stereocenters. The van der Waals surface area contributed by atoms with Gasteiger partial charge >= 0.3 is 0 Å². The van der Waals surface area contributed by atoms with Crippen molar-refractivity contribution in [2.24, 2.45) is 5.73 Å². The van der Waals surface area contributed by atoms with Crippen LogP contribution in [0.15, 0.2) is 0 Å². The lowest BCUT2D eigenvalue weighted by atomic mass is 10.6. The Morgan fingerprint density at radius 1 is 1.64 bits per heavy atom. The van der Waals surface area contributed by atoms with Crippen LogP contribution in [0.25, 0.3) is 0 Å². The van der Waals surface area contributed by atoms with E-state index >= 15 is 0 Å². The summed E-state index contributed by atoms with van der Waals surface area (Å²) < 4.78 is 4.94. The van der Waals surface area contributed by atoms with Crippen LogP contribution in [0.1, 0.15) is 5.01 Å². The molecule has 7 heteroatoms. The first-order valence-corrected chi connectivity index (χ1v) is 4.90. The standard InChI is InChI=1S/C7H12N4O2S/c1-5-10-11-7(14-5)9-2-3-13-4-6(8)12/h2-4H2,1H3,(H2,8,12)(H,9,11). The minimum Gasteiger partial charge on any atom is -0.370 e. The largest absolute Gasteiger partial charge is 0.370 e. The molecule has 1 amide bonds. The number of carbonyl (C=O) groups excluding carboxylic acids is 1. The number of ether oxygens (including phenoxy) is 1. The van der Waals surface area contributed by atoms with Gasteiger partial charge in [-0.2, -0.15) is 0 Å². The van der Waals surface area contributed by atoms with Gasteiger partial charge in [-0.25, -0.2) is 0 Å². The van der Waals surface area contributed by atoms with E-state index in [-0.39, 0.29) is 6.61 Å². The van der Waals surface area contributed by atoms with Crippen molar-refractivity contribution >= 4 is 22.4 Å². The molecule has 1 aromatic heterocycles. The van der Waals surface area contributed by atoms with Gasteiger partial charge in [0.05, 0.1) is 6.61 Å². The second-order valence-corrected chi connectivity index (χ2v) is 3.75. The number of nitrogens with one attached hydrogen (secondary N) is 1. The SMILES string of the molecule is Cc1nnc(NCCOCC(N)=O)s1. The van der Waals surface area contributed by atoms with Crippen LogP contribution >= 0.6 is 11.3 Å². The average molecular weight is 216 g/mol. The summed E-state index contributed by atoms with van der Waals surface area (Å²) in [6, 6.07) is 0. The van der Waals surface area contributed by atoms with E-state index in [0.717, 1.165) is 10.1 Å². The lowest BCUT2D eigenvalue weighted by molar-refractivity contribution is -0.122. The molecule has 0 saturated heterocycles. The third-order valence-corrected chi connectivity index (χ3v) is 2.09. The van der Waals surface area contributed by atoms with Crippen molar-refractivity contribution in [1.29, 1.82) is 0 Å². The van der Waals surface area contributed by atoms with Crippen molar-refractivity contribution in [2.45, 2.75) is 6.92 Å². The smallest absolute Gasteiger partial charge is 0.243 e. The van der Waals surface area contributed by atoms with Crippen molar-refractivity contribution in [3.63, 3.8) is 0 Å². The predicted octanol–water partition coefficient (Wildman–Crippen LogP) is -0.240. The van der Waals surface area contributed by atoms with Crippen LogP contribution in [0.2, 0.25) is 0 Å². The van der Waals surface area contributed by atoms with Gasteiger partial charge in [-0.05, 0) is 6.92 Å². The maximum absolute atomic E-state index is 10.3. The Morgan fingerprint density at radius 2 is 2.43 bits per heavy atom. The number of amides is 1. The lowest BCUT2D eigenvalue weighted by Crippen LogP contribution is -2.20. The van der Waals surface area contributed by atoms with Gasteiger partial charge in [0.1, 0.15) is 11.6 Å². The van der Waals surface area contributed by atoms with E-state index in [4.69, 9.17) is 10.5 Å². The van der Waals surface area contributed by atoms with Gasteiger partial charge in [0.2, 0.25) is 11.0 Å². The molecule has 0 spiro atoms. The second kappa shape index (κ2) is 5.51. The molecule has 0 aliphatic rings. The summed E-state index contributed by atoms with van der Waals surface area (Å²) in [5, 5.41) is 12.4. The number of hydrogen-bond acceptors (Lipinski definition) is 6. The number of primary amides is 1. The Labute approximate surface area is 85.5 Å². The average Bonchev–Trinajstić information content (AvgIpc) is 2.50. The van der Waals surface area contributed by atoms with Gasteiger partial charge in [0, 0.05) is 6.54 Å². The van der Waals surface area contributed by atoms with Crippen LogP contribution < -0.4 is 11.1 Å². The number of aryl methyl sites for hydroxylation is 1. The summed E-state index contributed by atoms with van der Waals surface area (Å²) >= 11 is 1.47. The van der Waals surface area contributed by atoms with Crippen molar-refractivity contribution in [3.8, 4) is 0 Å². The van der Waals surface area contributed by atoms with Crippen molar-refractivity contribution in [1.82, 2.24) is 10.2 Å². The molecule has 0 aliphatic carbocycles. The molecule has 6 nitrogen and oxygen atoms in total. The van der Waals surface area contributed by atoms with E-state index in [0.29, 0.717) is 13.2 Å². The van der Waals surface area contributed by atoms with E-state index in [9.17, 15) is 4.79 Å². The lowest BCUT2D eigenvalue weighted by Gasteiger charge is -2.01. The Morgan fingerprint density at radius 3 is 3.00 bits per heavy atom. The predicted molar refractivity (Wildman–Crippen MR) is 53.1 cm³/mol. The monoisotopic (exact) mass is 216 g/mol. The first-order valence-electron chi connectivity index (χ1n) is 4.08. The van der Waals surface area contributed by atoms with E-state index in [1.165, 1.54) is 11.3 Å². The van der Waals surface area contributed by atoms with Gasteiger partial charge in [0.15, 0.2) is 0 Å². The molecule has 3 N–H and O–H groups in total. The molecule has 0 atom stereocenters. The zero-order valence-corrected chi connectivity index (χ0v) is 8.63. The third-order valence-electron chi connectivity index (χ3n) is 1.29. The summed E-state index contributed by atoms with van der Waals surface area (Å²) in [6.07, 6.45) is 0. The number of nitrogens with zero attached hydrogens (tertiary/aromatic N) is 2. The topological polar surface area (TPSA) is 90.1 Å². The van der Waals surface area contributed by atoms with Crippen molar-refractivity contribution < 1.29 is 9.53 Å². The molecule has 0 aromatic carbocycles. The Balaban J connectivity index is 2.07. The van der Waals surface area contributed by atoms with Gasteiger partial charge in [-0.1, -0.05) is 11.3 Å². The minimum absolute atomic E-state index is 0.0448. The maximum atomic E-state index is 10.3.